The van der Waals surface area contributed by atoms with Crippen molar-refractivity contribution in [1.82, 2.24) is 0 Å². The van der Waals surface area contributed by atoms with E-state index in [4.69, 9.17) is 23.8 Å². The van der Waals surface area contributed by atoms with Crippen molar-refractivity contribution in [1.29, 1.82) is 0 Å². The molecule has 0 fully saturated rings. The third-order valence-electron chi connectivity index (χ3n) is 8.77. The average molecular weight is 901 g/mol. The van der Waals surface area contributed by atoms with Gasteiger partial charge in [0.25, 0.3) is 0 Å². The Balaban J connectivity index is 4.65. The first-order valence-corrected chi connectivity index (χ1v) is 25.3. The summed E-state index contributed by atoms with van der Waals surface area (Å²) in [6, 6.07) is 0. The molecule has 0 saturated heterocycles. The van der Waals surface area contributed by atoms with Crippen molar-refractivity contribution >= 4 is 27.6 Å². The van der Waals surface area contributed by atoms with Crippen LogP contribution in [0.4, 0.5) is 0 Å². The average Bonchev–Trinajstić information content (AvgIpc) is 3.22. The molecule has 0 aliphatic carbocycles. The zero-order chi connectivity index (χ0) is 45.1. The molecule has 0 heterocycles. The molecule has 3 atom stereocenters. The molecule has 61 heavy (non-hydrogen) atoms. The molecule has 13 nitrogen and oxygen atoms in total. The highest BCUT2D eigenvalue weighted by molar-refractivity contribution is 7.47. The molecule has 0 radical (unpaired) electrons. The number of rotatable bonds is 41. The number of carbonyl (C=O) groups excluding carboxylic acids is 2. The molecular formula is C46H78O13P2. The van der Waals surface area contributed by atoms with Gasteiger partial charge >= 0.3 is 27.6 Å². The summed E-state index contributed by atoms with van der Waals surface area (Å²) < 4.78 is 47.7. The summed E-state index contributed by atoms with van der Waals surface area (Å²) in [6.07, 6.45) is 47.3. The van der Waals surface area contributed by atoms with Gasteiger partial charge in [0.2, 0.25) is 0 Å². The van der Waals surface area contributed by atoms with E-state index in [0.29, 0.717) is 19.3 Å². The number of hydrogen-bond donors (Lipinski definition) is 4. The van der Waals surface area contributed by atoms with Crippen molar-refractivity contribution in [2.45, 2.75) is 167 Å². The number of aliphatic hydroxyl groups excluding tert-OH is 1. The van der Waals surface area contributed by atoms with Gasteiger partial charge in [0.1, 0.15) is 12.7 Å². The second-order valence-electron chi connectivity index (χ2n) is 14.6. The van der Waals surface area contributed by atoms with E-state index in [1.807, 2.05) is 18.2 Å². The maximum Gasteiger partial charge on any atom is 0.472 e. The Labute approximate surface area is 367 Å². The number of hydrogen-bond acceptors (Lipinski definition) is 10. The monoisotopic (exact) mass is 900 g/mol. The number of ether oxygens (including phenoxy) is 2. The van der Waals surface area contributed by atoms with Crippen LogP contribution >= 0.6 is 15.6 Å². The maximum atomic E-state index is 12.6. The highest BCUT2D eigenvalue weighted by Gasteiger charge is 2.28. The molecule has 0 aromatic heterocycles. The van der Waals surface area contributed by atoms with Crippen LogP contribution in [0.25, 0.3) is 0 Å². The first kappa shape index (κ1) is 58.3. The van der Waals surface area contributed by atoms with Gasteiger partial charge in [-0.25, -0.2) is 9.13 Å². The quantitative estimate of drug-likeness (QED) is 0.0196. The van der Waals surface area contributed by atoms with Crippen LogP contribution in [0.2, 0.25) is 0 Å². The fourth-order valence-corrected chi connectivity index (χ4v) is 6.58. The smallest absolute Gasteiger partial charge is 0.462 e. The van der Waals surface area contributed by atoms with Crippen LogP contribution in [0.3, 0.4) is 0 Å². The van der Waals surface area contributed by atoms with E-state index in [9.17, 15) is 28.7 Å². The zero-order valence-corrected chi connectivity index (χ0v) is 38.8. The summed E-state index contributed by atoms with van der Waals surface area (Å²) in [5.74, 6) is -1.14. The van der Waals surface area contributed by atoms with E-state index >= 15 is 0 Å². The molecule has 0 saturated carbocycles. The number of phosphoric acid groups is 2. The van der Waals surface area contributed by atoms with Gasteiger partial charge in [-0.15, -0.1) is 0 Å². The number of allylic oxidation sites excluding steroid dienone is 14. The number of carbonyl (C=O) groups is 2. The molecule has 0 bridgehead atoms. The first-order valence-electron chi connectivity index (χ1n) is 22.3. The summed E-state index contributed by atoms with van der Waals surface area (Å²) in [5.41, 5.74) is 0. The standard InChI is InChI=1S/C46H78O13P2/c1-3-5-7-9-11-13-15-17-19-20-21-22-24-26-28-30-32-34-36-38-46(49)59-44(42-58-61(53,54)57-40-43(47)39-56-60(50,51)52)41-55-45(48)37-35-33-31-29-27-25-23-18-16-14-12-10-8-6-4-2/h5,7,11,13-14,16-17,19,21-22,26,28,32,34,43-44,47H,3-4,6,8-10,12,15,18,20,23-25,27,29-31,33,35-42H2,1-2H3,(H,53,54)(H2,50,51,52)/b7-5-,13-11-,16-14-,19-17-,22-21-,28-26-,34-32-/t43-,44+/m0/s1. The predicted molar refractivity (Wildman–Crippen MR) is 243 cm³/mol. The zero-order valence-electron chi connectivity index (χ0n) is 37.0. The highest BCUT2D eigenvalue weighted by atomic mass is 31.2. The molecule has 350 valence electrons. The molecule has 0 aliphatic heterocycles. The largest absolute Gasteiger partial charge is 0.472 e. The molecule has 15 heteroatoms. The van der Waals surface area contributed by atoms with Crippen LogP contribution in [-0.4, -0.2) is 70.4 Å². The molecular weight excluding hydrogens is 822 g/mol. The minimum absolute atomic E-state index is 0.00148. The Morgan fingerprint density at radius 3 is 1.46 bits per heavy atom. The molecule has 1 unspecified atom stereocenters. The molecule has 0 aliphatic rings. The first-order chi connectivity index (χ1) is 29.4. The van der Waals surface area contributed by atoms with Crippen molar-refractivity contribution in [3.63, 3.8) is 0 Å². The molecule has 0 aromatic carbocycles. The minimum Gasteiger partial charge on any atom is -0.462 e. The van der Waals surface area contributed by atoms with Gasteiger partial charge in [0, 0.05) is 12.8 Å². The van der Waals surface area contributed by atoms with Crippen LogP contribution in [0.5, 0.6) is 0 Å². The van der Waals surface area contributed by atoms with Gasteiger partial charge in [-0.2, -0.15) is 0 Å². The predicted octanol–water partition coefficient (Wildman–Crippen LogP) is 11.6. The van der Waals surface area contributed by atoms with Crippen LogP contribution < -0.4 is 0 Å². The fraction of sp³-hybridized carbons (Fsp3) is 0.652. The van der Waals surface area contributed by atoms with Crippen molar-refractivity contribution < 1.29 is 61.6 Å². The number of unbranched alkanes of at least 4 members (excludes halogenated alkanes) is 11. The normalized spacial score (nSPS) is 14.8. The third-order valence-corrected chi connectivity index (χ3v) is 10.2. The van der Waals surface area contributed by atoms with Gasteiger partial charge in [0.15, 0.2) is 6.10 Å². The number of esters is 2. The van der Waals surface area contributed by atoms with E-state index < -0.39 is 66.2 Å². The van der Waals surface area contributed by atoms with Gasteiger partial charge in [-0.3, -0.25) is 23.2 Å². The van der Waals surface area contributed by atoms with Crippen LogP contribution in [0.1, 0.15) is 155 Å². The Bertz CT molecular complexity index is 1400. The van der Waals surface area contributed by atoms with Crippen molar-refractivity contribution in [3.05, 3.63) is 85.1 Å². The SMILES string of the molecule is CC/C=C\C/C=C\C/C=C\C/C=C\C/C=C\C/C=C\CCC(=O)O[C@H](COC(=O)CCCCCCCCC/C=C\CCCCCC)COP(=O)(O)OC[C@@H](O)COP(=O)(O)O. The minimum atomic E-state index is -4.87. The lowest BCUT2D eigenvalue weighted by Crippen LogP contribution is -2.29. The maximum absolute atomic E-state index is 12.6. The Hall–Kier alpha value is -2.70. The lowest BCUT2D eigenvalue weighted by Gasteiger charge is -2.20. The van der Waals surface area contributed by atoms with E-state index in [1.54, 1.807) is 0 Å². The highest BCUT2D eigenvalue weighted by Crippen LogP contribution is 2.43. The molecule has 0 aromatic rings. The molecule has 0 amide bonds. The molecule has 0 rings (SSSR count). The topological polar surface area (TPSA) is 195 Å². The van der Waals surface area contributed by atoms with Crippen LogP contribution in [0, 0.1) is 0 Å². The van der Waals surface area contributed by atoms with Crippen LogP contribution in [0.15, 0.2) is 85.1 Å². The van der Waals surface area contributed by atoms with Gasteiger partial charge < -0.3 is 29.3 Å². The number of phosphoric ester groups is 2. The van der Waals surface area contributed by atoms with Gasteiger partial charge in [0.05, 0.1) is 19.8 Å². The Morgan fingerprint density at radius 1 is 0.492 bits per heavy atom. The number of aliphatic hydroxyl groups is 1. The van der Waals surface area contributed by atoms with E-state index in [1.165, 1.54) is 44.9 Å². The second-order valence-corrected chi connectivity index (χ2v) is 17.3. The molecule has 0 spiro atoms. The van der Waals surface area contributed by atoms with E-state index in [-0.39, 0.29) is 12.8 Å². The fourth-order valence-electron chi connectivity index (χ4n) is 5.43. The Kier molecular flexibility index (Phi) is 39.5. The van der Waals surface area contributed by atoms with Crippen molar-refractivity contribution in [2.75, 3.05) is 26.4 Å². The summed E-state index contributed by atoms with van der Waals surface area (Å²) in [4.78, 5) is 52.7. The summed E-state index contributed by atoms with van der Waals surface area (Å²) in [5, 5.41) is 9.75. The van der Waals surface area contributed by atoms with Gasteiger partial charge in [-0.1, -0.05) is 150 Å². The van der Waals surface area contributed by atoms with Crippen molar-refractivity contribution in [2.24, 2.45) is 0 Å². The second kappa shape index (κ2) is 41.3. The van der Waals surface area contributed by atoms with Gasteiger partial charge in [-0.05, 0) is 77.0 Å². The lowest BCUT2D eigenvalue weighted by molar-refractivity contribution is -0.161. The van der Waals surface area contributed by atoms with Crippen LogP contribution in [-0.2, 0) is 41.8 Å². The summed E-state index contributed by atoms with van der Waals surface area (Å²) in [7, 11) is -9.71. The third kappa shape index (κ3) is 45.1. The van der Waals surface area contributed by atoms with E-state index in [0.717, 1.165) is 64.2 Å². The lowest BCUT2D eigenvalue weighted by atomic mass is 10.1. The summed E-state index contributed by atoms with van der Waals surface area (Å²) in [6.45, 7) is 1.54. The summed E-state index contributed by atoms with van der Waals surface area (Å²) >= 11 is 0. The van der Waals surface area contributed by atoms with E-state index in [2.05, 4.69) is 89.7 Å². The Morgan fingerprint density at radius 2 is 0.934 bits per heavy atom. The van der Waals surface area contributed by atoms with Crippen molar-refractivity contribution in [3.8, 4) is 0 Å². The molecule has 4 N–H and O–H groups in total.